The number of aromatic nitrogens is 2. The van der Waals surface area contributed by atoms with E-state index in [1.807, 2.05) is 10.8 Å². The summed E-state index contributed by atoms with van der Waals surface area (Å²) < 4.78 is 72.9. The van der Waals surface area contributed by atoms with Gasteiger partial charge in [0.1, 0.15) is 41.3 Å². The summed E-state index contributed by atoms with van der Waals surface area (Å²) in [5.41, 5.74) is -1.06. The Morgan fingerprint density at radius 3 is 2.50 bits per heavy atom. The van der Waals surface area contributed by atoms with Crippen LogP contribution in [0.5, 0.6) is 11.6 Å². The number of methoxy groups -OCH3 is 1. The molecule has 2 bridgehead atoms. The van der Waals surface area contributed by atoms with Gasteiger partial charge in [-0.15, -0.1) is 0 Å². The number of nitrogens with one attached hydrogen (secondary N) is 3. The van der Waals surface area contributed by atoms with Gasteiger partial charge in [-0.25, -0.2) is 32.0 Å². The molecule has 1 aromatic carbocycles. The molecule has 3 aliphatic carbocycles. The molecule has 0 radical (unpaired) electrons. The van der Waals surface area contributed by atoms with Crippen molar-refractivity contribution in [1.29, 1.82) is 0 Å². The number of fused-ring (bicyclic) bond motifs is 5. The number of carbonyl (C=O) groups is 4. The van der Waals surface area contributed by atoms with Crippen molar-refractivity contribution in [3.63, 3.8) is 0 Å². The van der Waals surface area contributed by atoms with Gasteiger partial charge in [-0.1, -0.05) is 33.6 Å². The van der Waals surface area contributed by atoms with Crippen LogP contribution in [0, 0.1) is 17.3 Å². The monoisotopic (exact) mass is 832 g/mol. The lowest BCUT2D eigenvalue weighted by Gasteiger charge is -2.35. The lowest BCUT2D eigenvalue weighted by Crippen LogP contribution is -2.60. The molecule has 1 aromatic heterocycles. The molecule has 3 saturated carbocycles. The third kappa shape index (κ3) is 9.10. The number of sulfonamides is 1. The second-order valence-corrected chi connectivity index (χ2v) is 19.6. The molecule has 58 heavy (non-hydrogen) atoms. The van der Waals surface area contributed by atoms with E-state index in [0.717, 1.165) is 38.5 Å². The molecule has 7 atom stereocenters. The zero-order valence-corrected chi connectivity index (χ0v) is 34.2. The Morgan fingerprint density at radius 1 is 1.03 bits per heavy atom. The summed E-state index contributed by atoms with van der Waals surface area (Å²) in [7, 11) is -2.54. The summed E-state index contributed by atoms with van der Waals surface area (Å²) >= 11 is 0. The second kappa shape index (κ2) is 16.4. The maximum absolute atomic E-state index is 14.7. The Morgan fingerprint density at radius 2 is 1.79 bits per heavy atom. The standard InChI is InChI=1S/C40H54F2N6O9S/c1-39(2,3)33-36(50)48-21-25(19-30(48)34(49)46-40(20-23(40)17-32(41)42)37(51)47-58(53,54)26-14-15-26)56-35-28(43-27-16-13-24(55-4)18-29(27)44-35)11-7-5-6-9-22-10-8-12-31(22)57-38(52)45-33/h13,16,18,22-23,25-26,30-33H,5-12,14-15,17,19-21H2,1-4H3,(H,45,52)(H,46,49)(H,47,51)/t22-,23-,25-,30+,31-,33-,40-/m1/s1. The van der Waals surface area contributed by atoms with Crippen LogP contribution in [-0.4, -0.2) is 102 Å². The van der Waals surface area contributed by atoms with Gasteiger partial charge in [0.25, 0.3) is 5.91 Å². The van der Waals surface area contributed by atoms with Gasteiger partial charge in [-0.2, -0.15) is 0 Å². The normalized spacial score (nSPS) is 29.6. The maximum atomic E-state index is 14.7. The number of carbonyl (C=O) groups excluding carboxylic acids is 4. The smallest absolute Gasteiger partial charge is 0.408 e. The van der Waals surface area contributed by atoms with E-state index in [-0.39, 0.29) is 37.3 Å². The van der Waals surface area contributed by atoms with Crippen molar-refractivity contribution < 1.29 is 50.6 Å². The van der Waals surface area contributed by atoms with Crippen LogP contribution in [0.15, 0.2) is 18.2 Å². The SMILES string of the molecule is COc1ccc2nc3c(nc2c1)O[C@@H]1C[C@@H](C(=O)N[C@]2(C(=O)NS(=O)(=O)C4CC4)C[C@H]2CC(F)F)N(C1)C(=O)[C@H](C(C)(C)C)NC(=O)O[C@@H]1CCC[C@H]1CCCCC3. The molecular formula is C40H54F2N6O9S. The molecule has 318 valence electrons. The van der Waals surface area contributed by atoms with Gasteiger partial charge in [0.2, 0.25) is 34.1 Å². The molecule has 4 amide bonds. The van der Waals surface area contributed by atoms with Gasteiger partial charge >= 0.3 is 6.09 Å². The molecular weight excluding hydrogens is 779 g/mol. The Hall–Kier alpha value is -4.35. The summed E-state index contributed by atoms with van der Waals surface area (Å²) in [5, 5.41) is 4.64. The number of aryl methyl sites for hydroxylation is 1. The van der Waals surface area contributed by atoms with Gasteiger partial charge in [-0.3, -0.25) is 19.1 Å². The summed E-state index contributed by atoms with van der Waals surface area (Å²) in [5.74, 6) is -2.64. The first-order chi connectivity index (χ1) is 27.5. The van der Waals surface area contributed by atoms with Crippen LogP contribution in [0.25, 0.3) is 11.0 Å². The van der Waals surface area contributed by atoms with Crippen molar-refractivity contribution in [2.45, 2.75) is 146 Å². The molecule has 18 heteroatoms. The third-order valence-electron chi connectivity index (χ3n) is 12.3. The second-order valence-electron chi connectivity index (χ2n) is 17.7. The predicted molar refractivity (Wildman–Crippen MR) is 206 cm³/mol. The van der Waals surface area contributed by atoms with Gasteiger partial charge < -0.3 is 29.7 Å². The van der Waals surface area contributed by atoms with Crippen molar-refractivity contribution in [2.24, 2.45) is 17.3 Å². The number of hydrogen-bond donors (Lipinski definition) is 3. The van der Waals surface area contributed by atoms with Crippen LogP contribution < -0.4 is 24.8 Å². The number of rotatable bonds is 8. The van der Waals surface area contributed by atoms with Crippen LogP contribution in [0.2, 0.25) is 0 Å². The summed E-state index contributed by atoms with van der Waals surface area (Å²) in [4.78, 5) is 67.3. The van der Waals surface area contributed by atoms with Crippen LogP contribution in [0.4, 0.5) is 13.6 Å². The van der Waals surface area contributed by atoms with Crippen LogP contribution in [0.1, 0.15) is 104 Å². The van der Waals surface area contributed by atoms with E-state index < -0.39 is 87.0 Å². The molecule has 0 unspecified atom stereocenters. The topological polar surface area (TPSA) is 195 Å². The predicted octanol–water partition coefficient (Wildman–Crippen LogP) is 4.55. The number of halogens is 2. The van der Waals surface area contributed by atoms with Crippen molar-refractivity contribution in [2.75, 3.05) is 13.7 Å². The minimum atomic E-state index is -4.08. The Kier molecular flexibility index (Phi) is 11.8. The highest BCUT2D eigenvalue weighted by molar-refractivity contribution is 7.91. The minimum absolute atomic E-state index is 0.0997. The van der Waals surface area contributed by atoms with Crippen LogP contribution in [-0.2, 0) is 35.6 Å². The molecule has 0 spiro atoms. The molecule has 3 heterocycles. The van der Waals surface area contributed by atoms with Crippen LogP contribution in [0.3, 0.4) is 0 Å². The fourth-order valence-corrected chi connectivity index (χ4v) is 10.1. The first-order valence-corrected chi connectivity index (χ1v) is 22.0. The molecule has 7 rings (SSSR count). The van der Waals surface area contributed by atoms with E-state index >= 15 is 0 Å². The van der Waals surface area contributed by atoms with Gasteiger partial charge in [0, 0.05) is 18.9 Å². The van der Waals surface area contributed by atoms with E-state index in [2.05, 4.69) is 10.6 Å². The Balaban J connectivity index is 1.23. The van der Waals surface area contributed by atoms with Gasteiger partial charge in [-0.05, 0) is 87.2 Å². The Bertz CT molecular complexity index is 2030. The molecule has 4 fully saturated rings. The summed E-state index contributed by atoms with van der Waals surface area (Å²) in [6.45, 7) is 5.16. The molecule has 2 aliphatic heterocycles. The van der Waals surface area contributed by atoms with Gasteiger partial charge in [0.15, 0.2) is 0 Å². The molecule has 5 aliphatic rings. The molecule has 15 nitrogen and oxygen atoms in total. The average Bonchev–Trinajstić information content (AvgIpc) is 4.04. The highest BCUT2D eigenvalue weighted by atomic mass is 32.2. The number of alkyl halides is 2. The molecule has 3 N–H and O–H groups in total. The highest BCUT2D eigenvalue weighted by Gasteiger charge is 2.63. The lowest BCUT2D eigenvalue weighted by atomic mass is 9.85. The van der Waals surface area contributed by atoms with Crippen molar-refractivity contribution in [3.05, 3.63) is 23.9 Å². The first kappa shape index (κ1) is 41.8. The number of alkyl carbamates (subject to hydrolysis) is 1. The van der Waals surface area contributed by atoms with E-state index in [0.29, 0.717) is 48.2 Å². The van der Waals surface area contributed by atoms with Crippen molar-refractivity contribution in [1.82, 2.24) is 30.2 Å². The summed E-state index contributed by atoms with van der Waals surface area (Å²) in [6, 6.07) is 2.85. The highest BCUT2D eigenvalue weighted by Crippen LogP contribution is 2.48. The number of benzene rings is 1. The number of nitrogens with zero attached hydrogens (tertiary/aromatic N) is 3. The lowest BCUT2D eigenvalue weighted by molar-refractivity contribution is -0.143. The van der Waals surface area contributed by atoms with E-state index in [4.69, 9.17) is 24.2 Å². The van der Waals surface area contributed by atoms with Gasteiger partial charge in [0.05, 0.1) is 29.9 Å². The average molecular weight is 833 g/mol. The van der Waals surface area contributed by atoms with Crippen molar-refractivity contribution in [3.8, 4) is 11.6 Å². The Labute approximate surface area is 337 Å². The number of amides is 4. The van der Waals surface area contributed by atoms with E-state index in [1.54, 1.807) is 40.0 Å². The first-order valence-electron chi connectivity index (χ1n) is 20.4. The number of ether oxygens (including phenoxy) is 3. The zero-order chi connectivity index (χ0) is 41.6. The molecule has 1 saturated heterocycles. The summed E-state index contributed by atoms with van der Waals surface area (Å²) in [6.07, 6.45) is 1.50. The van der Waals surface area contributed by atoms with Crippen LogP contribution >= 0.6 is 0 Å². The van der Waals surface area contributed by atoms with Crippen molar-refractivity contribution >= 4 is 44.9 Å². The third-order valence-corrected chi connectivity index (χ3v) is 14.1. The number of hydrogen-bond acceptors (Lipinski definition) is 11. The minimum Gasteiger partial charge on any atom is -0.497 e. The fraction of sp³-hybridized carbons (Fsp3) is 0.700. The zero-order valence-electron chi connectivity index (χ0n) is 33.4. The largest absolute Gasteiger partial charge is 0.497 e. The fourth-order valence-electron chi connectivity index (χ4n) is 8.74. The quantitative estimate of drug-likeness (QED) is 0.338. The molecule has 2 aromatic rings. The van der Waals surface area contributed by atoms with E-state index in [1.165, 1.54) is 4.90 Å². The van der Waals surface area contributed by atoms with E-state index in [9.17, 15) is 36.4 Å². The maximum Gasteiger partial charge on any atom is 0.408 e.